The van der Waals surface area contributed by atoms with Crippen molar-refractivity contribution >= 4 is 0 Å². The molecule has 2 heteroatoms. The van der Waals surface area contributed by atoms with Gasteiger partial charge in [-0.1, -0.05) is 17.7 Å². The Morgan fingerprint density at radius 3 is 2.33 bits per heavy atom. The average molecular weight is 206 g/mol. The first kappa shape index (κ1) is 11.6. The molecule has 0 saturated carbocycles. The highest BCUT2D eigenvalue weighted by Gasteiger charge is 2.03. The maximum absolute atomic E-state index is 5.24. The van der Waals surface area contributed by atoms with Crippen molar-refractivity contribution in [3.63, 3.8) is 0 Å². The highest BCUT2D eigenvalue weighted by atomic mass is 16.5. The smallest absolute Gasteiger partial charge is 0.160 e. The molecule has 0 atom stereocenters. The van der Waals surface area contributed by atoms with Crippen LogP contribution in [-0.2, 0) is 6.42 Å². The van der Waals surface area contributed by atoms with Crippen molar-refractivity contribution in [1.82, 2.24) is 0 Å². The monoisotopic (exact) mass is 206 g/mol. The van der Waals surface area contributed by atoms with Crippen molar-refractivity contribution in [2.75, 3.05) is 14.2 Å². The molecule has 2 nitrogen and oxygen atoms in total. The topological polar surface area (TPSA) is 18.5 Å². The van der Waals surface area contributed by atoms with E-state index in [9.17, 15) is 0 Å². The molecule has 0 aliphatic carbocycles. The molecule has 0 spiro atoms. The van der Waals surface area contributed by atoms with Gasteiger partial charge in [0.05, 0.1) is 14.2 Å². The third kappa shape index (κ3) is 3.31. The van der Waals surface area contributed by atoms with Crippen LogP contribution in [0.15, 0.2) is 29.8 Å². The summed E-state index contributed by atoms with van der Waals surface area (Å²) in [5, 5.41) is 0. The van der Waals surface area contributed by atoms with Gasteiger partial charge in [-0.25, -0.2) is 0 Å². The van der Waals surface area contributed by atoms with Crippen LogP contribution >= 0.6 is 0 Å². The molecule has 0 N–H and O–H groups in total. The SMILES string of the molecule is COc1ccc(CC=C(C)C)cc1OC. The number of hydrogen-bond acceptors (Lipinski definition) is 2. The van der Waals surface area contributed by atoms with E-state index in [-0.39, 0.29) is 0 Å². The summed E-state index contributed by atoms with van der Waals surface area (Å²) in [4.78, 5) is 0. The van der Waals surface area contributed by atoms with Crippen molar-refractivity contribution in [1.29, 1.82) is 0 Å². The lowest BCUT2D eigenvalue weighted by atomic mass is 10.1. The summed E-state index contributed by atoms with van der Waals surface area (Å²) in [5.74, 6) is 1.57. The summed E-state index contributed by atoms with van der Waals surface area (Å²) in [7, 11) is 3.30. The lowest BCUT2D eigenvalue weighted by Gasteiger charge is -2.08. The molecule has 0 fully saturated rings. The maximum atomic E-state index is 5.24. The van der Waals surface area contributed by atoms with Gasteiger partial charge < -0.3 is 9.47 Å². The van der Waals surface area contributed by atoms with Gasteiger partial charge in [0.25, 0.3) is 0 Å². The minimum absolute atomic E-state index is 0.776. The molecule has 1 rings (SSSR count). The molecule has 15 heavy (non-hydrogen) atoms. The van der Waals surface area contributed by atoms with E-state index in [1.807, 2.05) is 12.1 Å². The zero-order valence-corrected chi connectivity index (χ0v) is 9.83. The van der Waals surface area contributed by atoms with E-state index in [4.69, 9.17) is 9.47 Å². The molecule has 0 heterocycles. The summed E-state index contributed by atoms with van der Waals surface area (Å²) < 4.78 is 10.4. The standard InChI is InChI=1S/C13H18O2/c1-10(2)5-6-11-7-8-12(14-3)13(9-11)15-4/h5,7-9H,6H2,1-4H3. The molecule has 0 unspecified atom stereocenters. The second kappa shape index (κ2) is 5.44. The predicted octanol–water partition coefficient (Wildman–Crippen LogP) is 3.21. The molecule has 0 radical (unpaired) electrons. The Kier molecular flexibility index (Phi) is 4.22. The second-order valence-electron chi connectivity index (χ2n) is 3.67. The van der Waals surface area contributed by atoms with Crippen molar-refractivity contribution in [3.8, 4) is 11.5 Å². The molecule has 0 aliphatic heterocycles. The maximum Gasteiger partial charge on any atom is 0.160 e. The number of allylic oxidation sites excluding steroid dienone is 2. The van der Waals surface area contributed by atoms with Gasteiger partial charge in [0.1, 0.15) is 0 Å². The molecule has 0 aliphatic rings. The number of benzene rings is 1. The van der Waals surface area contributed by atoms with Crippen LogP contribution in [0.3, 0.4) is 0 Å². The normalized spacial score (nSPS) is 9.60. The van der Waals surface area contributed by atoms with Crippen LogP contribution < -0.4 is 9.47 Å². The van der Waals surface area contributed by atoms with Crippen LogP contribution in [0.2, 0.25) is 0 Å². The van der Waals surface area contributed by atoms with Gasteiger partial charge in [-0.3, -0.25) is 0 Å². The van der Waals surface area contributed by atoms with Gasteiger partial charge in [-0.05, 0) is 38.0 Å². The fraction of sp³-hybridized carbons (Fsp3) is 0.385. The lowest BCUT2D eigenvalue weighted by Crippen LogP contribution is -1.92. The summed E-state index contributed by atoms with van der Waals surface area (Å²) in [6, 6.07) is 6.01. The van der Waals surface area contributed by atoms with E-state index in [2.05, 4.69) is 26.0 Å². The fourth-order valence-corrected chi connectivity index (χ4v) is 1.33. The van der Waals surface area contributed by atoms with E-state index in [1.54, 1.807) is 14.2 Å². The van der Waals surface area contributed by atoms with Gasteiger partial charge in [-0.2, -0.15) is 0 Å². The third-order valence-corrected chi connectivity index (χ3v) is 2.19. The fourth-order valence-electron chi connectivity index (χ4n) is 1.33. The van der Waals surface area contributed by atoms with Gasteiger partial charge in [0.15, 0.2) is 11.5 Å². The Balaban J connectivity index is 2.88. The number of hydrogen-bond donors (Lipinski definition) is 0. The van der Waals surface area contributed by atoms with E-state index >= 15 is 0 Å². The summed E-state index contributed by atoms with van der Waals surface area (Å²) in [6.45, 7) is 4.20. The molecular weight excluding hydrogens is 188 g/mol. The quantitative estimate of drug-likeness (QED) is 0.704. The third-order valence-electron chi connectivity index (χ3n) is 2.19. The van der Waals surface area contributed by atoms with Gasteiger partial charge in [0, 0.05) is 0 Å². The zero-order valence-electron chi connectivity index (χ0n) is 9.83. The van der Waals surface area contributed by atoms with Crippen molar-refractivity contribution < 1.29 is 9.47 Å². The Hall–Kier alpha value is -1.44. The van der Waals surface area contributed by atoms with E-state index in [0.717, 1.165) is 17.9 Å². The molecule has 82 valence electrons. The van der Waals surface area contributed by atoms with Gasteiger partial charge in [0.2, 0.25) is 0 Å². The Morgan fingerprint density at radius 1 is 1.13 bits per heavy atom. The molecule has 0 saturated heterocycles. The Labute approximate surface area is 91.5 Å². The second-order valence-corrected chi connectivity index (χ2v) is 3.67. The lowest BCUT2D eigenvalue weighted by molar-refractivity contribution is 0.354. The molecule has 0 bridgehead atoms. The van der Waals surface area contributed by atoms with Crippen molar-refractivity contribution in [3.05, 3.63) is 35.4 Å². The van der Waals surface area contributed by atoms with Crippen LogP contribution in [0, 0.1) is 0 Å². The largest absolute Gasteiger partial charge is 0.493 e. The van der Waals surface area contributed by atoms with Gasteiger partial charge in [-0.15, -0.1) is 0 Å². The van der Waals surface area contributed by atoms with E-state index < -0.39 is 0 Å². The van der Waals surface area contributed by atoms with E-state index in [1.165, 1.54) is 11.1 Å². The van der Waals surface area contributed by atoms with Crippen molar-refractivity contribution in [2.24, 2.45) is 0 Å². The highest BCUT2D eigenvalue weighted by Crippen LogP contribution is 2.27. The Bertz CT molecular complexity index is 350. The summed E-state index contributed by atoms with van der Waals surface area (Å²) >= 11 is 0. The summed E-state index contributed by atoms with van der Waals surface area (Å²) in [6.07, 6.45) is 3.13. The minimum Gasteiger partial charge on any atom is -0.493 e. The van der Waals surface area contributed by atoms with E-state index in [0.29, 0.717) is 0 Å². The van der Waals surface area contributed by atoms with Crippen LogP contribution in [0.5, 0.6) is 11.5 Å². The molecular formula is C13H18O2. The van der Waals surface area contributed by atoms with Crippen LogP contribution in [-0.4, -0.2) is 14.2 Å². The minimum atomic E-state index is 0.776. The average Bonchev–Trinajstić information content (AvgIpc) is 2.25. The number of rotatable bonds is 4. The first-order valence-electron chi connectivity index (χ1n) is 5.01. The number of methoxy groups -OCH3 is 2. The predicted molar refractivity (Wildman–Crippen MR) is 62.7 cm³/mol. The highest BCUT2D eigenvalue weighted by molar-refractivity contribution is 5.43. The molecule has 1 aromatic carbocycles. The van der Waals surface area contributed by atoms with Crippen LogP contribution in [0.25, 0.3) is 0 Å². The molecule has 1 aromatic rings. The first-order chi connectivity index (χ1) is 7.17. The van der Waals surface area contributed by atoms with Crippen molar-refractivity contribution in [2.45, 2.75) is 20.3 Å². The first-order valence-corrected chi connectivity index (χ1v) is 5.01. The van der Waals surface area contributed by atoms with Crippen LogP contribution in [0.4, 0.5) is 0 Å². The zero-order chi connectivity index (χ0) is 11.3. The summed E-state index contributed by atoms with van der Waals surface area (Å²) in [5.41, 5.74) is 2.55. The Morgan fingerprint density at radius 2 is 1.80 bits per heavy atom. The van der Waals surface area contributed by atoms with Crippen LogP contribution in [0.1, 0.15) is 19.4 Å². The van der Waals surface area contributed by atoms with Gasteiger partial charge >= 0.3 is 0 Å². The molecule has 0 aromatic heterocycles. The molecule has 0 amide bonds. The number of ether oxygens (including phenoxy) is 2.